The lowest BCUT2D eigenvalue weighted by Crippen LogP contribution is -2.28. The van der Waals surface area contributed by atoms with Gasteiger partial charge in [-0.05, 0) is 31.2 Å². The van der Waals surface area contributed by atoms with Crippen molar-refractivity contribution < 1.29 is 9.21 Å². The van der Waals surface area contributed by atoms with Gasteiger partial charge in [-0.1, -0.05) is 23.9 Å². The Morgan fingerprint density at radius 3 is 2.96 bits per heavy atom. The Labute approximate surface area is 158 Å². The number of hydrogen-bond donors (Lipinski definition) is 2. The molecule has 4 rings (SSSR count). The molecule has 0 bridgehead atoms. The maximum Gasteiger partial charge on any atom is 0.277 e. The lowest BCUT2D eigenvalue weighted by molar-refractivity contribution is -0.119. The quantitative estimate of drug-likeness (QED) is 0.495. The maximum absolute atomic E-state index is 12.2. The molecule has 0 aliphatic rings. The Hall–Kier alpha value is -3.20. The van der Waals surface area contributed by atoms with E-state index in [1.165, 1.54) is 11.8 Å². The summed E-state index contributed by atoms with van der Waals surface area (Å²) in [5.41, 5.74) is 2.55. The topological polar surface area (TPSA) is 110 Å². The summed E-state index contributed by atoms with van der Waals surface area (Å²) in [4.78, 5) is 23.9. The summed E-state index contributed by atoms with van der Waals surface area (Å²) in [6, 6.07) is 11.1. The van der Waals surface area contributed by atoms with Gasteiger partial charge < -0.3 is 14.7 Å². The molecule has 27 heavy (non-hydrogen) atoms. The third-order valence-electron chi connectivity index (χ3n) is 3.84. The standard InChI is InChI=1S/C18H16N6O2S/c1-11(16-21-13-6-2-3-7-14(13)22-16)20-15(25)10-27-18-24-23-17(26-18)12-5-4-8-19-9-12/h2-9,11H,10H2,1H3,(H,20,25)(H,21,22)/t11-/m1/s1. The van der Waals surface area contributed by atoms with E-state index in [9.17, 15) is 4.79 Å². The zero-order valence-electron chi connectivity index (χ0n) is 14.4. The molecule has 2 N–H and O–H groups in total. The largest absolute Gasteiger partial charge is 0.411 e. The number of imidazole rings is 1. The number of hydrogen-bond acceptors (Lipinski definition) is 7. The lowest BCUT2D eigenvalue weighted by Gasteiger charge is -2.10. The third kappa shape index (κ3) is 3.98. The number of para-hydroxylation sites is 2. The highest BCUT2D eigenvalue weighted by Gasteiger charge is 2.15. The van der Waals surface area contributed by atoms with Crippen molar-refractivity contribution in [2.45, 2.75) is 18.2 Å². The van der Waals surface area contributed by atoms with E-state index in [2.05, 4.69) is 30.5 Å². The molecule has 3 heterocycles. The first kappa shape index (κ1) is 17.2. The van der Waals surface area contributed by atoms with Crippen molar-refractivity contribution in [2.24, 2.45) is 0 Å². The van der Waals surface area contributed by atoms with E-state index in [0.29, 0.717) is 16.9 Å². The smallest absolute Gasteiger partial charge is 0.277 e. The number of rotatable bonds is 6. The average molecular weight is 380 g/mol. The number of benzene rings is 1. The fraction of sp³-hybridized carbons (Fsp3) is 0.167. The fourth-order valence-electron chi connectivity index (χ4n) is 2.53. The maximum atomic E-state index is 12.2. The summed E-state index contributed by atoms with van der Waals surface area (Å²) in [5.74, 6) is 1.11. The summed E-state index contributed by atoms with van der Waals surface area (Å²) in [5, 5.41) is 11.2. The van der Waals surface area contributed by atoms with Gasteiger partial charge in [-0.2, -0.15) is 0 Å². The van der Waals surface area contributed by atoms with Gasteiger partial charge in [-0.15, -0.1) is 10.2 Å². The summed E-state index contributed by atoms with van der Waals surface area (Å²) in [7, 11) is 0. The van der Waals surface area contributed by atoms with E-state index >= 15 is 0 Å². The molecule has 0 aliphatic carbocycles. The summed E-state index contributed by atoms with van der Waals surface area (Å²) < 4.78 is 5.55. The molecule has 0 spiro atoms. The van der Waals surface area contributed by atoms with Gasteiger partial charge in [0.1, 0.15) is 5.82 Å². The van der Waals surface area contributed by atoms with Crippen LogP contribution in [-0.4, -0.2) is 36.8 Å². The first-order valence-corrected chi connectivity index (χ1v) is 9.28. The average Bonchev–Trinajstić information content (AvgIpc) is 3.34. The molecule has 0 unspecified atom stereocenters. The molecule has 3 aromatic heterocycles. The Kier molecular flexibility index (Phi) is 4.84. The van der Waals surface area contributed by atoms with Crippen LogP contribution in [0.3, 0.4) is 0 Å². The van der Waals surface area contributed by atoms with Crippen LogP contribution in [-0.2, 0) is 4.79 Å². The summed E-state index contributed by atoms with van der Waals surface area (Å²) >= 11 is 1.18. The molecule has 0 saturated carbocycles. The van der Waals surface area contributed by atoms with Gasteiger partial charge in [0.25, 0.3) is 5.22 Å². The number of carbonyl (C=O) groups excluding carboxylic acids is 1. The number of amides is 1. The highest BCUT2D eigenvalue weighted by Crippen LogP contribution is 2.22. The lowest BCUT2D eigenvalue weighted by atomic mass is 10.3. The minimum Gasteiger partial charge on any atom is -0.411 e. The minimum atomic E-state index is -0.237. The summed E-state index contributed by atoms with van der Waals surface area (Å²) in [6.45, 7) is 1.88. The van der Waals surface area contributed by atoms with E-state index in [1.54, 1.807) is 18.5 Å². The molecule has 1 amide bonds. The van der Waals surface area contributed by atoms with Gasteiger partial charge in [-0.25, -0.2) is 4.98 Å². The van der Waals surface area contributed by atoms with E-state index in [1.807, 2.05) is 37.3 Å². The molecular formula is C18H16N6O2S. The number of aromatic nitrogens is 5. The predicted octanol–water partition coefficient (Wildman–Crippen LogP) is 2.98. The predicted molar refractivity (Wildman–Crippen MR) is 101 cm³/mol. The SMILES string of the molecule is C[C@@H](NC(=O)CSc1nnc(-c2cccnc2)o1)c1nc2ccccc2[nH]1. The van der Waals surface area contributed by atoms with E-state index in [0.717, 1.165) is 16.6 Å². The zero-order valence-corrected chi connectivity index (χ0v) is 15.2. The number of aromatic amines is 1. The van der Waals surface area contributed by atoms with Gasteiger partial charge in [0, 0.05) is 12.4 Å². The molecule has 0 aliphatic heterocycles. The van der Waals surface area contributed by atoms with Crippen molar-refractivity contribution in [3.63, 3.8) is 0 Å². The molecule has 4 aromatic rings. The second kappa shape index (κ2) is 7.58. The normalized spacial score (nSPS) is 12.2. The Morgan fingerprint density at radius 1 is 1.26 bits per heavy atom. The van der Waals surface area contributed by atoms with Gasteiger partial charge >= 0.3 is 0 Å². The second-order valence-corrected chi connectivity index (χ2v) is 6.76. The number of fused-ring (bicyclic) bond motifs is 1. The molecular weight excluding hydrogens is 364 g/mol. The van der Waals surface area contributed by atoms with Crippen molar-refractivity contribution in [2.75, 3.05) is 5.75 Å². The van der Waals surface area contributed by atoms with Crippen LogP contribution < -0.4 is 5.32 Å². The van der Waals surface area contributed by atoms with Gasteiger partial charge in [0.2, 0.25) is 11.8 Å². The zero-order chi connectivity index (χ0) is 18.6. The van der Waals surface area contributed by atoms with Gasteiger partial charge in [0.05, 0.1) is 28.4 Å². The Morgan fingerprint density at radius 2 is 2.15 bits per heavy atom. The number of H-pyrrole nitrogens is 1. The van der Waals surface area contributed by atoms with Crippen molar-refractivity contribution >= 4 is 28.7 Å². The van der Waals surface area contributed by atoms with Crippen LogP contribution in [0.1, 0.15) is 18.8 Å². The van der Waals surface area contributed by atoms with Crippen molar-refractivity contribution in [1.82, 2.24) is 30.5 Å². The number of carbonyl (C=O) groups is 1. The third-order valence-corrected chi connectivity index (χ3v) is 4.66. The second-order valence-electron chi connectivity index (χ2n) is 5.83. The van der Waals surface area contributed by atoms with E-state index in [4.69, 9.17) is 4.42 Å². The van der Waals surface area contributed by atoms with Gasteiger partial charge in [0.15, 0.2) is 0 Å². The van der Waals surface area contributed by atoms with E-state index in [-0.39, 0.29) is 17.7 Å². The van der Waals surface area contributed by atoms with Crippen LogP contribution in [0.15, 0.2) is 58.4 Å². The van der Waals surface area contributed by atoms with Gasteiger partial charge in [-0.3, -0.25) is 9.78 Å². The first-order valence-electron chi connectivity index (χ1n) is 8.30. The molecule has 8 nitrogen and oxygen atoms in total. The van der Waals surface area contributed by atoms with Crippen LogP contribution in [0.4, 0.5) is 0 Å². The highest BCUT2D eigenvalue weighted by atomic mass is 32.2. The molecule has 0 saturated heterocycles. The highest BCUT2D eigenvalue weighted by molar-refractivity contribution is 7.99. The van der Waals surface area contributed by atoms with Crippen molar-refractivity contribution in [3.05, 3.63) is 54.6 Å². The van der Waals surface area contributed by atoms with E-state index < -0.39 is 0 Å². The summed E-state index contributed by atoms with van der Waals surface area (Å²) in [6.07, 6.45) is 3.31. The molecule has 1 aromatic carbocycles. The number of pyridine rings is 1. The van der Waals surface area contributed by atoms with Crippen LogP contribution in [0, 0.1) is 0 Å². The number of nitrogens with zero attached hydrogens (tertiary/aromatic N) is 4. The number of nitrogens with one attached hydrogen (secondary N) is 2. The monoisotopic (exact) mass is 380 g/mol. The molecule has 9 heteroatoms. The molecule has 136 valence electrons. The Bertz CT molecular complexity index is 1030. The Balaban J connectivity index is 1.33. The number of thioether (sulfide) groups is 1. The fourth-order valence-corrected chi connectivity index (χ4v) is 3.10. The molecule has 0 radical (unpaired) electrons. The molecule has 1 atom stereocenters. The minimum absolute atomic E-state index is 0.144. The molecule has 0 fully saturated rings. The van der Waals surface area contributed by atoms with Crippen molar-refractivity contribution in [1.29, 1.82) is 0 Å². The first-order chi connectivity index (χ1) is 13.2. The van der Waals surface area contributed by atoms with Crippen LogP contribution in [0.5, 0.6) is 0 Å². The van der Waals surface area contributed by atoms with Crippen LogP contribution >= 0.6 is 11.8 Å². The van der Waals surface area contributed by atoms with Crippen LogP contribution in [0.2, 0.25) is 0 Å². The van der Waals surface area contributed by atoms with Crippen molar-refractivity contribution in [3.8, 4) is 11.5 Å². The van der Waals surface area contributed by atoms with Crippen LogP contribution in [0.25, 0.3) is 22.5 Å².